The summed E-state index contributed by atoms with van der Waals surface area (Å²) >= 11 is 3.38. The van der Waals surface area contributed by atoms with Gasteiger partial charge in [0.05, 0.1) is 11.6 Å². The molecule has 0 aromatic heterocycles. The monoisotopic (exact) mass is 347 g/mol. The fraction of sp³-hybridized carbons (Fsp3) is 0.235. The van der Waals surface area contributed by atoms with Crippen molar-refractivity contribution in [1.29, 1.82) is 0 Å². The van der Waals surface area contributed by atoms with Gasteiger partial charge in [-0.2, -0.15) is 0 Å². The van der Waals surface area contributed by atoms with Crippen LogP contribution < -0.4 is 10.1 Å². The van der Waals surface area contributed by atoms with Gasteiger partial charge in [0.15, 0.2) is 0 Å². The molecule has 21 heavy (non-hydrogen) atoms. The first-order valence-corrected chi connectivity index (χ1v) is 7.65. The lowest BCUT2D eigenvalue weighted by Crippen LogP contribution is -2.24. The summed E-state index contributed by atoms with van der Waals surface area (Å²) in [4.78, 5) is 12.0. The van der Waals surface area contributed by atoms with Gasteiger partial charge in [0.1, 0.15) is 5.75 Å². The van der Waals surface area contributed by atoms with Crippen LogP contribution in [0.5, 0.6) is 5.75 Å². The maximum absolute atomic E-state index is 12.0. The number of ether oxygens (including phenoxy) is 1. The number of carbonyl (C=O) groups is 1. The Hall–Kier alpha value is -1.81. The third-order valence-electron chi connectivity index (χ3n) is 3.18. The second-order valence-corrected chi connectivity index (χ2v) is 5.55. The van der Waals surface area contributed by atoms with E-state index in [4.69, 9.17) is 4.74 Å². The number of amides is 1. The minimum atomic E-state index is -0.0635. The Morgan fingerprint density at radius 1 is 1.19 bits per heavy atom. The quantitative estimate of drug-likeness (QED) is 0.806. The van der Waals surface area contributed by atoms with Crippen molar-refractivity contribution in [3.8, 4) is 5.75 Å². The third-order valence-corrected chi connectivity index (χ3v) is 3.80. The molecule has 0 heterocycles. The van der Waals surface area contributed by atoms with E-state index < -0.39 is 0 Å². The van der Waals surface area contributed by atoms with E-state index in [0.717, 1.165) is 23.1 Å². The van der Waals surface area contributed by atoms with E-state index in [1.54, 1.807) is 25.3 Å². The summed E-state index contributed by atoms with van der Waals surface area (Å²) in [5.74, 6) is 0.655. The van der Waals surface area contributed by atoms with Crippen LogP contribution in [0.2, 0.25) is 0 Å². The molecule has 1 N–H and O–H groups in total. The lowest BCUT2D eigenvalue weighted by molar-refractivity contribution is 0.0953. The van der Waals surface area contributed by atoms with Gasteiger partial charge in [-0.25, -0.2) is 0 Å². The minimum absolute atomic E-state index is 0.0635. The highest BCUT2D eigenvalue weighted by molar-refractivity contribution is 9.10. The molecule has 2 rings (SSSR count). The van der Waals surface area contributed by atoms with Gasteiger partial charge in [-0.15, -0.1) is 0 Å². The highest BCUT2D eigenvalue weighted by Gasteiger charge is 2.08. The van der Waals surface area contributed by atoms with Crippen LogP contribution in [-0.2, 0) is 6.42 Å². The predicted molar refractivity (Wildman–Crippen MR) is 87.8 cm³/mol. The van der Waals surface area contributed by atoms with Gasteiger partial charge in [-0.1, -0.05) is 30.3 Å². The summed E-state index contributed by atoms with van der Waals surface area (Å²) in [6.45, 7) is 0.664. The Bertz CT molecular complexity index is 599. The molecule has 0 unspecified atom stereocenters. The Morgan fingerprint density at radius 3 is 2.62 bits per heavy atom. The molecule has 2 aromatic rings. The molecule has 0 aliphatic carbocycles. The summed E-state index contributed by atoms with van der Waals surface area (Å²) in [6.07, 6.45) is 1.89. The van der Waals surface area contributed by atoms with Gasteiger partial charge in [0, 0.05) is 12.1 Å². The van der Waals surface area contributed by atoms with Crippen LogP contribution in [0.25, 0.3) is 0 Å². The second kappa shape index (κ2) is 7.84. The van der Waals surface area contributed by atoms with Crippen molar-refractivity contribution < 1.29 is 9.53 Å². The van der Waals surface area contributed by atoms with Crippen molar-refractivity contribution in [2.24, 2.45) is 0 Å². The number of methoxy groups -OCH3 is 1. The fourth-order valence-corrected chi connectivity index (χ4v) is 2.59. The number of carbonyl (C=O) groups excluding carboxylic acids is 1. The lowest BCUT2D eigenvalue weighted by Gasteiger charge is -2.08. The van der Waals surface area contributed by atoms with Crippen LogP contribution in [0.3, 0.4) is 0 Å². The zero-order chi connectivity index (χ0) is 15.1. The van der Waals surface area contributed by atoms with E-state index in [2.05, 4.69) is 33.4 Å². The highest BCUT2D eigenvalue weighted by atomic mass is 79.9. The number of rotatable bonds is 6. The molecule has 1 amide bonds. The van der Waals surface area contributed by atoms with E-state index >= 15 is 0 Å². The lowest BCUT2D eigenvalue weighted by atomic mass is 10.1. The summed E-state index contributed by atoms with van der Waals surface area (Å²) in [5, 5.41) is 2.93. The molecule has 0 fully saturated rings. The summed E-state index contributed by atoms with van der Waals surface area (Å²) in [6, 6.07) is 15.6. The Balaban J connectivity index is 1.80. The van der Waals surface area contributed by atoms with Crippen LogP contribution in [-0.4, -0.2) is 19.6 Å². The predicted octanol–water partition coefficient (Wildman–Crippen LogP) is 3.82. The van der Waals surface area contributed by atoms with E-state index in [1.807, 2.05) is 18.2 Å². The van der Waals surface area contributed by atoms with Gasteiger partial charge in [0.2, 0.25) is 0 Å². The number of nitrogens with one attached hydrogen (secondary N) is 1. The highest BCUT2D eigenvalue weighted by Crippen LogP contribution is 2.25. The number of aryl methyl sites for hydroxylation is 1. The Morgan fingerprint density at radius 2 is 1.95 bits per heavy atom. The molecule has 0 saturated heterocycles. The molecular formula is C17H18BrNO2. The second-order valence-electron chi connectivity index (χ2n) is 4.69. The number of hydrogen-bond donors (Lipinski definition) is 1. The molecule has 0 spiro atoms. The van der Waals surface area contributed by atoms with Crippen molar-refractivity contribution in [3.05, 3.63) is 64.1 Å². The molecule has 0 saturated carbocycles. The molecule has 2 aromatic carbocycles. The van der Waals surface area contributed by atoms with E-state index in [0.29, 0.717) is 12.1 Å². The number of benzene rings is 2. The molecule has 110 valence electrons. The van der Waals surface area contributed by atoms with Gasteiger partial charge < -0.3 is 10.1 Å². The van der Waals surface area contributed by atoms with Crippen LogP contribution >= 0.6 is 15.9 Å². The molecule has 0 radical (unpaired) electrons. The molecule has 0 aliphatic heterocycles. The Kier molecular flexibility index (Phi) is 5.81. The summed E-state index contributed by atoms with van der Waals surface area (Å²) in [5.41, 5.74) is 1.92. The van der Waals surface area contributed by atoms with Gasteiger partial charge >= 0.3 is 0 Å². The largest absolute Gasteiger partial charge is 0.496 e. The minimum Gasteiger partial charge on any atom is -0.496 e. The third kappa shape index (κ3) is 4.60. The smallest absolute Gasteiger partial charge is 0.251 e. The first kappa shape index (κ1) is 15.6. The van der Waals surface area contributed by atoms with Crippen LogP contribution in [0, 0.1) is 0 Å². The number of hydrogen-bond acceptors (Lipinski definition) is 2. The maximum Gasteiger partial charge on any atom is 0.251 e. The summed E-state index contributed by atoms with van der Waals surface area (Å²) in [7, 11) is 1.60. The zero-order valence-electron chi connectivity index (χ0n) is 11.9. The van der Waals surface area contributed by atoms with E-state index in [9.17, 15) is 4.79 Å². The number of halogens is 1. The first-order valence-electron chi connectivity index (χ1n) is 6.86. The molecular weight excluding hydrogens is 330 g/mol. The van der Waals surface area contributed by atoms with Gasteiger partial charge in [-0.3, -0.25) is 4.79 Å². The molecule has 0 aliphatic rings. The topological polar surface area (TPSA) is 38.3 Å². The van der Waals surface area contributed by atoms with Gasteiger partial charge in [0.25, 0.3) is 5.91 Å². The molecule has 0 atom stereocenters. The van der Waals surface area contributed by atoms with E-state index in [1.165, 1.54) is 5.56 Å². The van der Waals surface area contributed by atoms with Crippen molar-refractivity contribution >= 4 is 21.8 Å². The SMILES string of the molecule is COc1ccc(C(=O)NCCCc2ccccc2)cc1Br. The van der Waals surface area contributed by atoms with Crippen molar-refractivity contribution in [1.82, 2.24) is 5.32 Å². The zero-order valence-corrected chi connectivity index (χ0v) is 13.5. The van der Waals surface area contributed by atoms with Crippen LogP contribution in [0.1, 0.15) is 22.3 Å². The van der Waals surface area contributed by atoms with Gasteiger partial charge in [-0.05, 0) is 52.5 Å². The van der Waals surface area contributed by atoms with Crippen molar-refractivity contribution in [2.75, 3.05) is 13.7 Å². The average Bonchev–Trinajstić information content (AvgIpc) is 2.52. The Labute approximate surface area is 133 Å². The first-order chi connectivity index (χ1) is 10.2. The van der Waals surface area contributed by atoms with Crippen LogP contribution in [0.15, 0.2) is 53.0 Å². The molecule has 4 heteroatoms. The molecule has 0 bridgehead atoms. The molecule has 3 nitrogen and oxygen atoms in total. The summed E-state index contributed by atoms with van der Waals surface area (Å²) < 4.78 is 5.93. The van der Waals surface area contributed by atoms with Crippen molar-refractivity contribution in [3.63, 3.8) is 0 Å². The average molecular weight is 348 g/mol. The normalized spacial score (nSPS) is 10.2. The van der Waals surface area contributed by atoms with Crippen molar-refractivity contribution in [2.45, 2.75) is 12.8 Å². The van der Waals surface area contributed by atoms with E-state index in [-0.39, 0.29) is 5.91 Å². The standard InChI is InChI=1S/C17H18BrNO2/c1-21-16-10-9-14(12-15(16)18)17(20)19-11-5-8-13-6-3-2-4-7-13/h2-4,6-7,9-10,12H,5,8,11H2,1H3,(H,19,20). The van der Waals surface area contributed by atoms with Crippen LogP contribution in [0.4, 0.5) is 0 Å². The maximum atomic E-state index is 12.0. The fourth-order valence-electron chi connectivity index (χ4n) is 2.05.